The molecule has 2 N–H and O–H groups in total. The maximum atomic E-state index is 11.4. The molecule has 0 unspecified atom stereocenters. The Hall–Kier alpha value is -1.000. The molecule has 18 heavy (non-hydrogen) atoms. The summed E-state index contributed by atoms with van der Waals surface area (Å²) in [5.41, 5.74) is 2.46. The van der Waals surface area contributed by atoms with Crippen molar-refractivity contribution in [2.45, 2.75) is 25.2 Å². The number of carbonyl (C=O) groups is 1. The molecule has 1 aliphatic rings. The third-order valence-corrected chi connectivity index (χ3v) is 4.09. The first-order chi connectivity index (χ1) is 8.50. The molecule has 0 fully saturated rings. The van der Waals surface area contributed by atoms with Crippen molar-refractivity contribution < 1.29 is 4.79 Å². The number of anilines is 1. The fraction of sp³-hybridized carbons (Fsp3) is 0.500. The zero-order chi connectivity index (χ0) is 13.2. The molecule has 4 heteroatoms. The van der Waals surface area contributed by atoms with E-state index in [9.17, 15) is 4.79 Å². The Morgan fingerprint density at radius 2 is 2.22 bits per heavy atom. The highest BCUT2D eigenvalue weighted by Gasteiger charge is 2.20. The molecule has 0 saturated heterocycles. The molecule has 1 heterocycles. The summed E-state index contributed by atoms with van der Waals surface area (Å²) in [5.74, 6) is 0.622. The monoisotopic (exact) mass is 264 g/mol. The highest BCUT2D eigenvalue weighted by Crippen LogP contribution is 2.33. The number of hydrogen-bond acceptors (Lipinski definition) is 3. The molecule has 1 amide bonds. The van der Waals surface area contributed by atoms with Gasteiger partial charge in [-0.3, -0.25) is 4.79 Å². The third kappa shape index (κ3) is 3.27. The van der Waals surface area contributed by atoms with E-state index in [2.05, 4.69) is 42.7 Å². The number of thioether (sulfide) groups is 1. The first kappa shape index (κ1) is 13.4. The van der Waals surface area contributed by atoms with Gasteiger partial charge in [0.2, 0.25) is 5.91 Å². The van der Waals surface area contributed by atoms with Crippen LogP contribution in [0.3, 0.4) is 0 Å². The normalized spacial score (nSPS) is 15.2. The van der Waals surface area contributed by atoms with E-state index < -0.39 is 0 Å². The molecule has 0 aliphatic carbocycles. The lowest BCUT2D eigenvalue weighted by molar-refractivity contribution is -0.113. The molecule has 1 aliphatic heterocycles. The molecular formula is C14H20N2OS. The standard InChI is InChI=1S/C14H20N2OS/c1-14(2,9-15-3)7-10-4-5-12-11(6-10)16-13(17)8-18-12/h4-6,15H,7-9H2,1-3H3,(H,16,17). The molecule has 0 spiro atoms. The summed E-state index contributed by atoms with van der Waals surface area (Å²) in [6.45, 7) is 5.47. The Kier molecular flexibility index (Phi) is 3.97. The Balaban J connectivity index is 2.16. The van der Waals surface area contributed by atoms with Gasteiger partial charge in [-0.15, -0.1) is 11.8 Å². The van der Waals surface area contributed by atoms with Crippen molar-refractivity contribution in [1.82, 2.24) is 5.32 Å². The van der Waals surface area contributed by atoms with E-state index in [0.717, 1.165) is 18.7 Å². The summed E-state index contributed by atoms with van der Waals surface area (Å²) in [6.07, 6.45) is 1.00. The number of nitrogens with one attached hydrogen (secondary N) is 2. The fourth-order valence-electron chi connectivity index (χ4n) is 2.33. The lowest BCUT2D eigenvalue weighted by Crippen LogP contribution is -2.28. The van der Waals surface area contributed by atoms with E-state index in [4.69, 9.17) is 0 Å². The highest BCUT2D eigenvalue weighted by atomic mass is 32.2. The van der Waals surface area contributed by atoms with Gasteiger partial charge >= 0.3 is 0 Å². The average molecular weight is 264 g/mol. The fourth-order valence-corrected chi connectivity index (χ4v) is 3.12. The van der Waals surface area contributed by atoms with Crippen LogP contribution in [0, 0.1) is 5.41 Å². The largest absolute Gasteiger partial charge is 0.324 e. The van der Waals surface area contributed by atoms with Crippen LogP contribution < -0.4 is 10.6 Å². The van der Waals surface area contributed by atoms with Gasteiger partial charge in [0, 0.05) is 11.4 Å². The molecule has 3 nitrogen and oxygen atoms in total. The molecule has 1 aromatic rings. The van der Waals surface area contributed by atoms with Crippen LogP contribution in [0.5, 0.6) is 0 Å². The predicted molar refractivity (Wildman–Crippen MR) is 77.2 cm³/mol. The van der Waals surface area contributed by atoms with Gasteiger partial charge in [-0.05, 0) is 36.6 Å². The zero-order valence-electron chi connectivity index (χ0n) is 11.2. The van der Waals surface area contributed by atoms with Gasteiger partial charge in [0.15, 0.2) is 0 Å². The molecular weight excluding hydrogens is 244 g/mol. The van der Waals surface area contributed by atoms with E-state index in [1.807, 2.05) is 7.05 Å². The minimum absolute atomic E-state index is 0.0964. The predicted octanol–water partition coefficient (Wildman–Crippen LogP) is 2.52. The van der Waals surface area contributed by atoms with Gasteiger partial charge in [-0.1, -0.05) is 19.9 Å². The molecule has 0 radical (unpaired) electrons. The smallest absolute Gasteiger partial charge is 0.234 e. The lowest BCUT2D eigenvalue weighted by atomic mass is 9.85. The maximum absolute atomic E-state index is 11.4. The number of rotatable bonds is 4. The van der Waals surface area contributed by atoms with Crippen molar-refractivity contribution >= 4 is 23.4 Å². The van der Waals surface area contributed by atoms with Crippen molar-refractivity contribution in [3.05, 3.63) is 23.8 Å². The maximum Gasteiger partial charge on any atom is 0.234 e. The summed E-state index contributed by atoms with van der Waals surface area (Å²) in [7, 11) is 1.98. The quantitative estimate of drug-likeness (QED) is 0.878. The van der Waals surface area contributed by atoms with Crippen molar-refractivity contribution in [2.24, 2.45) is 5.41 Å². The molecule has 0 atom stereocenters. The summed E-state index contributed by atoms with van der Waals surface area (Å²) < 4.78 is 0. The van der Waals surface area contributed by atoms with Crippen LogP contribution in [0.2, 0.25) is 0 Å². The van der Waals surface area contributed by atoms with E-state index in [-0.39, 0.29) is 11.3 Å². The second-order valence-electron chi connectivity index (χ2n) is 5.54. The van der Waals surface area contributed by atoms with Crippen LogP contribution >= 0.6 is 11.8 Å². The Morgan fingerprint density at radius 3 is 2.94 bits per heavy atom. The summed E-state index contributed by atoms with van der Waals surface area (Å²) in [4.78, 5) is 12.6. The van der Waals surface area contributed by atoms with E-state index in [0.29, 0.717) is 5.75 Å². The Bertz CT molecular complexity index is 457. The molecule has 2 rings (SSSR count). The Labute approximate surface area is 113 Å². The molecule has 1 aromatic carbocycles. The van der Waals surface area contributed by atoms with Crippen molar-refractivity contribution in [2.75, 3.05) is 24.7 Å². The van der Waals surface area contributed by atoms with Gasteiger partial charge in [0.05, 0.1) is 11.4 Å². The van der Waals surface area contributed by atoms with Crippen LogP contribution in [0.25, 0.3) is 0 Å². The number of fused-ring (bicyclic) bond motifs is 1. The third-order valence-electron chi connectivity index (χ3n) is 3.01. The second kappa shape index (κ2) is 5.33. The average Bonchev–Trinajstić information content (AvgIpc) is 2.27. The number of hydrogen-bond donors (Lipinski definition) is 2. The highest BCUT2D eigenvalue weighted by molar-refractivity contribution is 8.00. The lowest BCUT2D eigenvalue weighted by Gasteiger charge is -2.25. The van der Waals surface area contributed by atoms with Crippen LogP contribution in [-0.4, -0.2) is 25.3 Å². The SMILES string of the molecule is CNCC(C)(C)Cc1ccc2c(c1)NC(=O)CS2. The first-order valence-corrected chi connectivity index (χ1v) is 7.19. The molecule has 0 bridgehead atoms. The summed E-state index contributed by atoms with van der Waals surface area (Å²) in [6, 6.07) is 6.39. The van der Waals surface area contributed by atoms with E-state index >= 15 is 0 Å². The number of amides is 1. The topological polar surface area (TPSA) is 41.1 Å². The van der Waals surface area contributed by atoms with Crippen molar-refractivity contribution in [3.8, 4) is 0 Å². The molecule has 98 valence electrons. The van der Waals surface area contributed by atoms with Gasteiger partial charge in [-0.2, -0.15) is 0 Å². The molecule has 0 aromatic heterocycles. The Morgan fingerprint density at radius 1 is 1.44 bits per heavy atom. The first-order valence-electron chi connectivity index (χ1n) is 6.20. The minimum Gasteiger partial charge on any atom is -0.324 e. The van der Waals surface area contributed by atoms with Crippen LogP contribution in [-0.2, 0) is 11.2 Å². The minimum atomic E-state index is 0.0964. The van der Waals surface area contributed by atoms with E-state index in [1.165, 1.54) is 10.5 Å². The van der Waals surface area contributed by atoms with Gasteiger partial charge in [-0.25, -0.2) is 0 Å². The number of carbonyl (C=O) groups excluding carboxylic acids is 1. The van der Waals surface area contributed by atoms with Crippen LogP contribution in [0.15, 0.2) is 23.1 Å². The van der Waals surface area contributed by atoms with Crippen LogP contribution in [0.4, 0.5) is 5.69 Å². The van der Waals surface area contributed by atoms with Gasteiger partial charge in [0.25, 0.3) is 0 Å². The van der Waals surface area contributed by atoms with Crippen molar-refractivity contribution in [3.63, 3.8) is 0 Å². The summed E-state index contributed by atoms with van der Waals surface area (Å²) in [5, 5.41) is 6.17. The van der Waals surface area contributed by atoms with Gasteiger partial charge < -0.3 is 10.6 Å². The second-order valence-corrected chi connectivity index (χ2v) is 6.56. The number of benzene rings is 1. The molecule has 0 saturated carbocycles. The zero-order valence-corrected chi connectivity index (χ0v) is 12.0. The van der Waals surface area contributed by atoms with Crippen LogP contribution in [0.1, 0.15) is 19.4 Å². The van der Waals surface area contributed by atoms with Crippen molar-refractivity contribution in [1.29, 1.82) is 0 Å². The summed E-state index contributed by atoms with van der Waals surface area (Å²) >= 11 is 1.61. The van der Waals surface area contributed by atoms with Gasteiger partial charge in [0.1, 0.15) is 0 Å². The van der Waals surface area contributed by atoms with E-state index in [1.54, 1.807) is 11.8 Å².